The first-order valence-corrected chi connectivity index (χ1v) is 8.38. The van der Waals surface area contributed by atoms with Crippen LogP contribution in [0.5, 0.6) is 0 Å². The Bertz CT molecular complexity index is 221. The van der Waals surface area contributed by atoms with Crippen molar-refractivity contribution in [1.82, 2.24) is 0 Å². The minimum atomic E-state index is 0.0794. The van der Waals surface area contributed by atoms with E-state index in [0.717, 1.165) is 25.6 Å². The van der Waals surface area contributed by atoms with Crippen LogP contribution in [0.4, 0.5) is 0 Å². The van der Waals surface area contributed by atoms with E-state index < -0.39 is 0 Å². The molecule has 0 aromatic carbocycles. The average molecular weight is 304 g/mol. The van der Waals surface area contributed by atoms with Crippen LogP contribution < -0.4 is 0 Å². The maximum Gasteiger partial charge on any atom is 0.0781 e. The van der Waals surface area contributed by atoms with Gasteiger partial charge in [-0.05, 0) is 46.5 Å². The largest absolute Gasteiger partial charge is 0.379 e. The quantitative estimate of drug-likeness (QED) is 0.459. The fourth-order valence-corrected chi connectivity index (χ4v) is 1.80. The average Bonchev–Trinajstić information content (AvgIpc) is 2.44. The van der Waals surface area contributed by atoms with Gasteiger partial charge in [0.1, 0.15) is 0 Å². The summed E-state index contributed by atoms with van der Waals surface area (Å²) >= 11 is 0. The third kappa shape index (κ3) is 14.5. The summed E-state index contributed by atoms with van der Waals surface area (Å²) in [5, 5.41) is 0. The number of hydrogen-bond donors (Lipinski definition) is 0. The first-order valence-electron chi connectivity index (χ1n) is 8.38. The van der Waals surface area contributed by atoms with Gasteiger partial charge in [0.25, 0.3) is 0 Å². The maximum atomic E-state index is 5.75. The van der Waals surface area contributed by atoms with E-state index in [2.05, 4.69) is 20.8 Å². The summed E-state index contributed by atoms with van der Waals surface area (Å²) in [6.45, 7) is 16.0. The van der Waals surface area contributed by atoms with Crippen LogP contribution in [0.2, 0.25) is 0 Å². The number of rotatable bonds is 14. The molecule has 0 aliphatic carbocycles. The molecule has 0 fully saturated rings. The van der Waals surface area contributed by atoms with Gasteiger partial charge in [-0.1, -0.05) is 13.8 Å². The molecule has 4 nitrogen and oxygen atoms in total. The third-order valence-electron chi connectivity index (χ3n) is 3.12. The second-order valence-electron chi connectivity index (χ2n) is 6.16. The van der Waals surface area contributed by atoms with E-state index in [1.807, 2.05) is 20.8 Å². The van der Waals surface area contributed by atoms with Crippen molar-refractivity contribution in [3.8, 4) is 0 Å². The van der Waals surface area contributed by atoms with Crippen molar-refractivity contribution in [3.05, 3.63) is 0 Å². The smallest absolute Gasteiger partial charge is 0.0781 e. The fourth-order valence-electron chi connectivity index (χ4n) is 1.80. The molecule has 3 unspecified atom stereocenters. The summed E-state index contributed by atoms with van der Waals surface area (Å²) in [5.74, 6) is 0.746. The number of hydrogen-bond acceptors (Lipinski definition) is 4. The van der Waals surface area contributed by atoms with Crippen LogP contribution in [-0.2, 0) is 18.9 Å². The van der Waals surface area contributed by atoms with Gasteiger partial charge in [-0.3, -0.25) is 0 Å². The van der Waals surface area contributed by atoms with Crippen molar-refractivity contribution in [3.63, 3.8) is 0 Å². The zero-order valence-corrected chi connectivity index (χ0v) is 14.9. The minimum absolute atomic E-state index is 0.0794. The first kappa shape index (κ1) is 20.8. The summed E-state index contributed by atoms with van der Waals surface area (Å²) in [5.41, 5.74) is 0. The standard InChI is InChI=1S/C17H36O4/c1-7-18-11-15(4)20-13-17(6)21-12-16(5)19-10-8-9-14(2)3/h14-17H,7-13H2,1-6H3. The van der Waals surface area contributed by atoms with Crippen LogP contribution in [-0.4, -0.2) is 51.3 Å². The van der Waals surface area contributed by atoms with Crippen molar-refractivity contribution in [2.45, 2.75) is 72.7 Å². The van der Waals surface area contributed by atoms with Crippen LogP contribution in [0, 0.1) is 5.92 Å². The Labute approximate surface area is 131 Å². The van der Waals surface area contributed by atoms with E-state index in [4.69, 9.17) is 18.9 Å². The lowest BCUT2D eigenvalue weighted by Crippen LogP contribution is -2.26. The van der Waals surface area contributed by atoms with Gasteiger partial charge in [-0.25, -0.2) is 0 Å². The van der Waals surface area contributed by atoms with Gasteiger partial charge in [-0.2, -0.15) is 0 Å². The van der Waals surface area contributed by atoms with Gasteiger partial charge in [0.15, 0.2) is 0 Å². The highest BCUT2D eigenvalue weighted by Gasteiger charge is 2.09. The molecule has 4 heteroatoms. The van der Waals surface area contributed by atoms with Gasteiger partial charge in [0.05, 0.1) is 38.1 Å². The van der Waals surface area contributed by atoms with E-state index in [-0.39, 0.29) is 18.3 Å². The van der Waals surface area contributed by atoms with Crippen molar-refractivity contribution in [2.75, 3.05) is 33.0 Å². The second kappa shape index (κ2) is 13.5. The van der Waals surface area contributed by atoms with Crippen LogP contribution in [0.15, 0.2) is 0 Å². The third-order valence-corrected chi connectivity index (χ3v) is 3.12. The lowest BCUT2D eigenvalue weighted by Gasteiger charge is -2.20. The van der Waals surface area contributed by atoms with Crippen LogP contribution >= 0.6 is 0 Å². The van der Waals surface area contributed by atoms with E-state index in [1.165, 1.54) is 6.42 Å². The minimum Gasteiger partial charge on any atom is -0.379 e. The molecule has 0 aliphatic heterocycles. The summed E-state index contributed by atoms with van der Waals surface area (Å²) in [4.78, 5) is 0. The Kier molecular flexibility index (Phi) is 13.4. The maximum absolute atomic E-state index is 5.75. The predicted molar refractivity (Wildman–Crippen MR) is 86.8 cm³/mol. The van der Waals surface area contributed by atoms with Gasteiger partial charge in [-0.15, -0.1) is 0 Å². The Morgan fingerprint density at radius 2 is 1.24 bits per heavy atom. The van der Waals surface area contributed by atoms with Crippen LogP contribution in [0.25, 0.3) is 0 Å². The molecule has 0 saturated carbocycles. The van der Waals surface area contributed by atoms with Gasteiger partial charge in [0.2, 0.25) is 0 Å². The highest BCUT2D eigenvalue weighted by atomic mass is 16.6. The monoisotopic (exact) mass is 304 g/mol. The fraction of sp³-hybridized carbons (Fsp3) is 1.00. The Morgan fingerprint density at radius 3 is 1.76 bits per heavy atom. The molecule has 128 valence electrons. The summed E-state index contributed by atoms with van der Waals surface area (Å²) in [6, 6.07) is 0. The molecule has 3 atom stereocenters. The Morgan fingerprint density at radius 1 is 0.714 bits per heavy atom. The predicted octanol–water partition coefficient (Wildman–Crippen LogP) is 3.67. The molecule has 0 aromatic heterocycles. The zero-order valence-electron chi connectivity index (χ0n) is 14.9. The highest BCUT2D eigenvalue weighted by molar-refractivity contribution is 4.55. The molecular formula is C17H36O4. The summed E-state index contributed by atoms with van der Waals surface area (Å²) in [7, 11) is 0. The molecule has 0 radical (unpaired) electrons. The molecule has 0 aromatic rings. The normalized spacial score (nSPS) is 16.1. The van der Waals surface area contributed by atoms with Crippen molar-refractivity contribution >= 4 is 0 Å². The molecule has 0 N–H and O–H groups in total. The van der Waals surface area contributed by atoms with E-state index in [0.29, 0.717) is 19.8 Å². The van der Waals surface area contributed by atoms with Crippen molar-refractivity contribution < 1.29 is 18.9 Å². The Hall–Kier alpha value is -0.160. The molecule has 0 aliphatic rings. The molecule has 0 saturated heterocycles. The lowest BCUT2D eigenvalue weighted by atomic mass is 10.1. The second-order valence-corrected chi connectivity index (χ2v) is 6.16. The Balaban J connectivity index is 3.51. The molecular weight excluding hydrogens is 268 g/mol. The summed E-state index contributed by atoms with van der Waals surface area (Å²) < 4.78 is 22.5. The molecule has 0 heterocycles. The van der Waals surface area contributed by atoms with Crippen molar-refractivity contribution in [1.29, 1.82) is 0 Å². The van der Waals surface area contributed by atoms with E-state index in [9.17, 15) is 0 Å². The SMILES string of the molecule is CCOCC(C)OCC(C)OCC(C)OCCCC(C)C. The molecule has 0 amide bonds. The van der Waals surface area contributed by atoms with Crippen LogP contribution in [0.3, 0.4) is 0 Å². The van der Waals surface area contributed by atoms with Gasteiger partial charge < -0.3 is 18.9 Å². The van der Waals surface area contributed by atoms with Crippen LogP contribution in [0.1, 0.15) is 54.4 Å². The topological polar surface area (TPSA) is 36.9 Å². The number of ether oxygens (including phenoxy) is 4. The summed E-state index contributed by atoms with van der Waals surface area (Å²) in [6.07, 6.45) is 2.67. The highest BCUT2D eigenvalue weighted by Crippen LogP contribution is 2.05. The van der Waals surface area contributed by atoms with Gasteiger partial charge >= 0.3 is 0 Å². The molecule has 21 heavy (non-hydrogen) atoms. The van der Waals surface area contributed by atoms with E-state index >= 15 is 0 Å². The lowest BCUT2D eigenvalue weighted by molar-refractivity contribution is -0.0795. The van der Waals surface area contributed by atoms with Crippen molar-refractivity contribution in [2.24, 2.45) is 5.92 Å². The molecule has 0 rings (SSSR count). The van der Waals surface area contributed by atoms with E-state index in [1.54, 1.807) is 0 Å². The molecule has 0 bridgehead atoms. The first-order chi connectivity index (χ1) is 9.95. The molecule has 0 spiro atoms. The zero-order chi connectivity index (χ0) is 16.1. The van der Waals surface area contributed by atoms with Gasteiger partial charge in [0, 0.05) is 13.2 Å².